The largest absolute Gasteiger partial charge is 0.481 e. The molecule has 5 heteroatoms. The van der Waals surface area contributed by atoms with E-state index in [1.165, 1.54) is 12.4 Å². The minimum absolute atomic E-state index is 0. The molecule has 0 spiro atoms. The molecule has 1 aromatic rings. The van der Waals surface area contributed by atoms with Gasteiger partial charge in [0.15, 0.2) is 0 Å². The molecule has 3 nitrogen and oxygen atoms in total. The van der Waals surface area contributed by atoms with Crippen LogP contribution in [0, 0.1) is 0 Å². The van der Waals surface area contributed by atoms with Gasteiger partial charge in [0.2, 0.25) is 0 Å². The number of nitrogens with zero attached hydrogens (tertiary/aromatic N) is 1. The van der Waals surface area contributed by atoms with Gasteiger partial charge in [0.25, 0.3) is 0 Å². The van der Waals surface area contributed by atoms with Crippen molar-refractivity contribution in [1.82, 2.24) is 4.98 Å². The van der Waals surface area contributed by atoms with Crippen LogP contribution in [0.5, 0.6) is 0 Å². The summed E-state index contributed by atoms with van der Waals surface area (Å²) in [4.78, 5) is 14.0. The number of carboxylic acids is 1. The van der Waals surface area contributed by atoms with E-state index in [0.717, 1.165) is 0 Å². The maximum absolute atomic E-state index is 10.2. The quantitative estimate of drug-likeness (QED) is 0.805. The molecule has 0 atom stereocenters. The molecule has 66 valence electrons. The summed E-state index contributed by atoms with van der Waals surface area (Å²) >= 11 is 5.66. The molecule has 12 heavy (non-hydrogen) atoms. The van der Waals surface area contributed by atoms with E-state index in [0.29, 0.717) is 10.6 Å². The molecule has 0 radical (unpaired) electrons. The lowest BCUT2D eigenvalue weighted by atomic mass is 10.2. The predicted molar refractivity (Wildman–Crippen MR) is 47.8 cm³/mol. The van der Waals surface area contributed by atoms with Crippen molar-refractivity contribution in [3.05, 3.63) is 29.0 Å². The number of carboxylic acid groups (broad SMARTS) is 1. The second kappa shape index (κ2) is 4.95. The van der Waals surface area contributed by atoms with Gasteiger partial charge in [-0.25, -0.2) is 0 Å². The van der Waals surface area contributed by atoms with E-state index in [1.807, 2.05) is 0 Å². The molecule has 0 unspecified atom stereocenters. The van der Waals surface area contributed by atoms with Gasteiger partial charge in [0.05, 0.1) is 6.42 Å². The Morgan fingerprint density at radius 3 is 2.83 bits per heavy atom. The molecule has 0 fully saturated rings. The van der Waals surface area contributed by atoms with Gasteiger partial charge in [-0.2, -0.15) is 0 Å². The Morgan fingerprint density at radius 1 is 1.67 bits per heavy atom. The van der Waals surface area contributed by atoms with Gasteiger partial charge in [-0.15, -0.1) is 12.4 Å². The van der Waals surface area contributed by atoms with E-state index in [-0.39, 0.29) is 18.8 Å². The molecule has 0 saturated carbocycles. The van der Waals surface area contributed by atoms with Gasteiger partial charge < -0.3 is 5.11 Å². The Morgan fingerprint density at radius 2 is 2.33 bits per heavy atom. The van der Waals surface area contributed by atoms with Crippen LogP contribution in [0.25, 0.3) is 0 Å². The van der Waals surface area contributed by atoms with Gasteiger partial charge in [-0.05, 0) is 6.07 Å². The first-order chi connectivity index (χ1) is 5.20. The van der Waals surface area contributed by atoms with Gasteiger partial charge in [0, 0.05) is 23.0 Å². The molecule has 0 saturated heterocycles. The van der Waals surface area contributed by atoms with Crippen LogP contribution in [0.15, 0.2) is 18.5 Å². The Bertz CT molecular complexity index is 278. The second-order valence-electron chi connectivity index (χ2n) is 2.04. The van der Waals surface area contributed by atoms with E-state index in [9.17, 15) is 4.79 Å². The summed E-state index contributed by atoms with van der Waals surface area (Å²) in [5.74, 6) is -0.903. The van der Waals surface area contributed by atoms with Crippen LogP contribution < -0.4 is 0 Å². The molecule has 0 aliphatic heterocycles. The summed E-state index contributed by atoms with van der Waals surface area (Å²) in [6, 6.07) is 1.57. The second-order valence-corrected chi connectivity index (χ2v) is 2.44. The van der Waals surface area contributed by atoms with Crippen molar-refractivity contribution in [3.8, 4) is 0 Å². The SMILES string of the molecule is Cl.O=C(O)Cc1cnccc1Cl. The Balaban J connectivity index is 0.00000121. The fourth-order valence-electron chi connectivity index (χ4n) is 0.703. The van der Waals surface area contributed by atoms with Crippen LogP contribution in [-0.2, 0) is 11.2 Å². The van der Waals surface area contributed by atoms with Gasteiger partial charge in [-0.3, -0.25) is 9.78 Å². The number of hydrogen-bond donors (Lipinski definition) is 1. The van der Waals surface area contributed by atoms with Crippen molar-refractivity contribution >= 4 is 30.0 Å². The third-order valence-corrected chi connectivity index (χ3v) is 1.55. The number of aromatic nitrogens is 1. The predicted octanol–water partition coefficient (Wildman–Crippen LogP) is 1.78. The van der Waals surface area contributed by atoms with Crippen molar-refractivity contribution in [1.29, 1.82) is 0 Å². The Labute approximate surface area is 80.8 Å². The average molecular weight is 208 g/mol. The third-order valence-electron chi connectivity index (χ3n) is 1.19. The average Bonchev–Trinajstić information content (AvgIpc) is 1.93. The molecule has 0 aliphatic carbocycles. The van der Waals surface area contributed by atoms with E-state index in [1.54, 1.807) is 6.07 Å². The highest BCUT2D eigenvalue weighted by molar-refractivity contribution is 6.31. The molecule has 0 aliphatic rings. The first-order valence-electron chi connectivity index (χ1n) is 3.00. The lowest BCUT2D eigenvalue weighted by molar-refractivity contribution is -0.136. The van der Waals surface area contributed by atoms with Crippen LogP contribution in [0.4, 0.5) is 0 Å². The van der Waals surface area contributed by atoms with Crippen molar-refractivity contribution < 1.29 is 9.90 Å². The zero-order valence-electron chi connectivity index (χ0n) is 6.03. The topological polar surface area (TPSA) is 50.2 Å². The minimum atomic E-state index is -0.903. The molecule has 1 aromatic heterocycles. The first-order valence-corrected chi connectivity index (χ1v) is 3.38. The number of hydrogen-bond acceptors (Lipinski definition) is 2. The summed E-state index contributed by atoms with van der Waals surface area (Å²) < 4.78 is 0. The summed E-state index contributed by atoms with van der Waals surface area (Å²) in [7, 11) is 0. The van der Waals surface area contributed by atoms with Crippen LogP contribution >= 0.6 is 24.0 Å². The van der Waals surface area contributed by atoms with E-state index in [2.05, 4.69) is 4.98 Å². The maximum Gasteiger partial charge on any atom is 0.307 e. The molecular weight excluding hydrogens is 201 g/mol. The molecule has 1 rings (SSSR count). The highest BCUT2D eigenvalue weighted by Gasteiger charge is 2.03. The monoisotopic (exact) mass is 207 g/mol. The van der Waals surface area contributed by atoms with Crippen molar-refractivity contribution in [3.63, 3.8) is 0 Å². The fourth-order valence-corrected chi connectivity index (χ4v) is 0.875. The molecule has 0 amide bonds. The maximum atomic E-state index is 10.2. The fraction of sp³-hybridized carbons (Fsp3) is 0.143. The zero-order chi connectivity index (χ0) is 8.27. The van der Waals surface area contributed by atoms with Gasteiger partial charge in [0.1, 0.15) is 0 Å². The molecule has 0 bridgehead atoms. The first kappa shape index (κ1) is 11.2. The number of pyridine rings is 1. The number of aliphatic carboxylic acids is 1. The highest BCUT2D eigenvalue weighted by atomic mass is 35.5. The highest BCUT2D eigenvalue weighted by Crippen LogP contribution is 2.13. The van der Waals surface area contributed by atoms with E-state index in [4.69, 9.17) is 16.7 Å². The summed E-state index contributed by atoms with van der Waals surface area (Å²) in [5, 5.41) is 8.85. The van der Waals surface area contributed by atoms with Gasteiger partial charge in [-0.1, -0.05) is 11.6 Å². The van der Waals surface area contributed by atoms with E-state index >= 15 is 0 Å². The van der Waals surface area contributed by atoms with Crippen molar-refractivity contribution in [2.24, 2.45) is 0 Å². The molecule has 1 N–H and O–H groups in total. The summed E-state index contributed by atoms with van der Waals surface area (Å²) in [6.45, 7) is 0. The van der Waals surface area contributed by atoms with Crippen LogP contribution in [-0.4, -0.2) is 16.1 Å². The van der Waals surface area contributed by atoms with Crippen LogP contribution in [0.3, 0.4) is 0 Å². The molecule has 0 aromatic carbocycles. The van der Waals surface area contributed by atoms with Crippen molar-refractivity contribution in [2.45, 2.75) is 6.42 Å². The summed E-state index contributed by atoms with van der Waals surface area (Å²) in [5.41, 5.74) is 0.543. The molecular formula is C7H7Cl2NO2. The normalized spacial score (nSPS) is 8.75. The standard InChI is InChI=1S/C7H6ClNO2.ClH/c8-6-1-2-9-4-5(6)3-7(10)11;/h1-2,4H,3H2,(H,10,11);1H. The van der Waals surface area contributed by atoms with Crippen molar-refractivity contribution in [2.75, 3.05) is 0 Å². The number of rotatable bonds is 2. The number of halogens is 2. The lowest BCUT2D eigenvalue weighted by Crippen LogP contribution is -2.00. The lowest BCUT2D eigenvalue weighted by Gasteiger charge is -1.97. The van der Waals surface area contributed by atoms with E-state index < -0.39 is 5.97 Å². The van der Waals surface area contributed by atoms with Crippen LogP contribution in [0.1, 0.15) is 5.56 Å². The van der Waals surface area contributed by atoms with Gasteiger partial charge >= 0.3 is 5.97 Å². The zero-order valence-corrected chi connectivity index (χ0v) is 7.60. The minimum Gasteiger partial charge on any atom is -0.481 e. The Kier molecular flexibility index (Phi) is 4.62. The molecule has 1 heterocycles. The summed E-state index contributed by atoms with van der Waals surface area (Å²) in [6.07, 6.45) is 2.90. The van der Waals surface area contributed by atoms with Crippen LogP contribution in [0.2, 0.25) is 5.02 Å². The smallest absolute Gasteiger partial charge is 0.307 e. The third kappa shape index (κ3) is 3.07. The Hall–Kier alpha value is -0.800. The number of carbonyl (C=O) groups is 1.